The van der Waals surface area contributed by atoms with Crippen molar-refractivity contribution in [2.75, 3.05) is 18.8 Å². The molecule has 0 saturated heterocycles. The first-order valence-corrected chi connectivity index (χ1v) is 7.56. The van der Waals surface area contributed by atoms with E-state index in [1.54, 1.807) is 0 Å². The zero-order valence-electron chi connectivity index (χ0n) is 12.2. The summed E-state index contributed by atoms with van der Waals surface area (Å²) in [5.41, 5.74) is 3.03. The van der Waals surface area contributed by atoms with Crippen LogP contribution in [0.1, 0.15) is 51.2 Å². The Bertz CT molecular complexity index is 343. The zero-order chi connectivity index (χ0) is 13.6. The van der Waals surface area contributed by atoms with E-state index >= 15 is 0 Å². The molecule has 0 saturated carbocycles. The summed E-state index contributed by atoms with van der Waals surface area (Å²) in [5, 5.41) is 3.45. The summed E-state index contributed by atoms with van der Waals surface area (Å²) in [6.45, 7) is 11.1. The number of hydrogen-bond donors (Lipinski definition) is 2. The molecule has 18 heavy (non-hydrogen) atoms. The lowest BCUT2D eigenvalue weighted by Gasteiger charge is -2.26. The highest BCUT2D eigenvalue weighted by atomic mass is 32.1. The van der Waals surface area contributed by atoms with Crippen molar-refractivity contribution in [3.8, 4) is 0 Å². The predicted octanol–water partition coefficient (Wildman–Crippen LogP) is 4.00. The van der Waals surface area contributed by atoms with Crippen LogP contribution in [0, 0.1) is 0 Å². The van der Waals surface area contributed by atoms with E-state index in [4.69, 9.17) is 0 Å². The summed E-state index contributed by atoms with van der Waals surface area (Å²) in [4.78, 5) is 0. The molecule has 0 aliphatic carbocycles. The van der Waals surface area contributed by atoms with E-state index in [9.17, 15) is 0 Å². The van der Waals surface area contributed by atoms with Gasteiger partial charge in [0.25, 0.3) is 0 Å². The maximum Gasteiger partial charge on any atom is 0.00435 e. The van der Waals surface area contributed by atoms with Gasteiger partial charge in [-0.1, -0.05) is 52.0 Å². The van der Waals surface area contributed by atoms with Crippen LogP contribution in [0.4, 0.5) is 0 Å². The molecule has 0 amide bonds. The average molecular weight is 265 g/mol. The Hall–Kier alpha value is -0.470. The third kappa shape index (κ3) is 4.33. The van der Waals surface area contributed by atoms with Crippen molar-refractivity contribution in [1.29, 1.82) is 0 Å². The molecule has 0 spiro atoms. The molecule has 1 aromatic rings. The van der Waals surface area contributed by atoms with Crippen molar-refractivity contribution < 1.29 is 0 Å². The average Bonchev–Trinajstić information content (AvgIpc) is 2.38. The molecular weight excluding hydrogens is 238 g/mol. The van der Waals surface area contributed by atoms with E-state index < -0.39 is 0 Å². The van der Waals surface area contributed by atoms with Crippen LogP contribution in [0.5, 0.6) is 0 Å². The minimum Gasteiger partial charge on any atom is -0.315 e. The first-order valence-electron chi connectivity index (χ1n) is 6.93. The first kappa shape index (κ1) is 15.6. The molecule has 0 heterocycles. The van der Waals surface area contributed by atoms with E-state index in [1.807, 2.05) is 0 Å². The number of nitrogens with one attached hydrogen (secondary N) is 1. The fourth-order valence-corrected chi connectivity index (χ4v) is 2.24. The van der Waals surface area contributed by atoms with Crippen LogP contribution in [0.2, 0.25) is 0 Å². The van der Waals surface area contributed by atoms with Crippen molar-refractivity contribution in [3.05, 3.63) is 35.4 Å². The zero-order valence-corrected chi connectivity index (χ0v) is 13.1. The Morgan fingerprint density at radius 1 is 1.22 bits per heavy atom. The highest BCUT2D eigenvalue weighted by molar-refractivity contribution is 7.80. The fourth-order valence-electron chi connectivity index (χ4n) is 2.08. The van der Waals surface area contributed by atoms with Crippen molar-refractivity contribution in [2.45, 2.75) is 45.4 Å². The van der Waals surface area contributed by atoms with E-state index in [2.05, 4.69) is 69.9 Å². The van der Waals surface area contributed by atoms with Crippen molar-refractivity contribution >= 4 is 12.6 Å². The molecule has 0 aromatic heterocycles. The number of thiol groups is 1. The topological polar surface area (TPSA) is 12.0 Å². The number of rotatable bonds is 7. The van der Waals surface area contributed by atoms with Gasteiger partial charge in [-0.3, -0.25) is 0 Å². The van der Waals surface area contributed by atoms with Gasteiger partial charge in [0.05, 0.1) is 0 Å². The standard InChI is InChI=1S/C16H27NS/c1-5-13(2)14-6-8-15(9-7-14)16(3,4)12-17-10-11-18/h6-9,13,17-18H,5,10-12H2,1-4H3. The largest absolute Gasteiger partial charge is 0.315 e. The van der Waals surface area contributed by atoms with Crippen LogP contribution in [-0.2, 0) is 5.41 Å². The molecule has 1 rings (SSSR count). The number of hydrogen-bond acceptors (Lipinski definition) is 2. The normalized spacial score (nSPS) is 13.6. The van der Waals surface area contributed by atoms with Crippen LogP contribution >= 0.6 is 12.6 Å². The summed E-state index contributed by atoms with van der Waals surface area (Å²) in [7, 11) is 0. The van der Waals surface area contributed by atoms with Crippen LogP contribution in [-0.4, -0.2) is 18.8 Å². The van der Waals surface area contributed by atoms with Gasteiger partial charge in [-0.2, -0.15) is 12.6 Å². The quantitative estimate of drug-likeness (QED) is 0.561. The SMILES string of the molecule is CCC(C)c1ccc(C(C)(C)CNCCS)cc1. The second-order valence-corrected chi connectivity index (χ2v) is 6.16. The Morgan fingerprint density at radius 2 is 1.83 bits per heavy atom. The number of benzene rings is 1. The molecular formula is C16H27NS. The van der Waals surface area contributed by atoms with Gasteiger partial charge in [-0.15, -0.1) is 0 Å². The molecule has 1 unspecified atom stereocenters. The molecule has 0 radical (unpaired) electrons. The Morgan fingerprint density at radius 3 is 2.33 bits per heavy atom. The van der Waals surface area contributed by atoms with Gasteiger partial charge >= 0.3 is 0 Å². The Balaban J connectivity index is 2.71. The molecule has 1 aromatic carbocycles. The third-order valence-electron chi connectivity index (χ3n) is 3.73. The summed E-state index contributed by atoms with van der Waals surface area (Å²) < 4.78 is 0. The Labute approximate surface area is 118 Å². The third-order valence-corrected chi connectivity index (χ3v) is 3.95. The van der Waals surface area contributed by atoms with Gasteiger partial charge in [0.1, 0.15) is 0 Å². The van der Waals surface area contributed by atoms with E-state index in [0.29, 0.717) is 5.92 Å². The molecule has 1 N–H and O–H groups in total. The summed E-state index contributed by atoms with van der Waals surface area (Å²) in [5.74, 6) is 1.55. The molecule has 1 atom stereocenters. The van der Waals surface area contributed by atoms with Gasteiger partial charge in [-0.25, -0.2) is 0 Å². The van der Waals surface area contributed by atoms with Crippen LogP contribution in [0.3, 0.4) is 0 Å². The lowest BCUT2D eigenvalue weighted by molar-refractivity contribution is 0.478. The second-order valence-electron chi connectivity index (χ2n) is 5.72. The van der Waals surface area contributed by atoms with Gasteiger partial charge in [0, 0.05) is 24.3 Å². The molecule has 0 aliphatic heterocycles. The van der Waals surface area contributed by atoms with Crippen molar-refractivity contribution in [2.24, 2.45) is 0 Å². The minimum absolute atomic E-state index is 0.178. The van der Waals surface area contributed by atoms with Gasteiger partial charge < -0.3 is 5.32 Å². The lowest BCUT2D eigenvalue weighted by atomic mass is 9.83. The summed E-state index contributed by atoms with van der Waals surface area (Å²) in [6.07, 6.45) is 1.20. The van der Waals surface area contributed by atoms with Crippen LogP contribution < -0.4 is 5.32 Å². The maximum atomic E-state index is 4.22. The monoisotopic (exact) mass is 265 g/mol. The fraction of sp³-hybridized carbons (Fsp3) is 0.625. The van der Waals surface area contributed by atoms with Crippen LogP contribution in [0.25, 0.3) is 0 Å². The summed E-state index contributed by atoms with van der Waals surface area (Å²) in [6, 6.07) is 9.13. The Kier molecular flexibility index (Phi) is 6.24. The highest BCUT2D eigenvalue weighted by Crippen LogP contribution is 2.25. The van der Waals surface area contributed by atoms with E-state index in [0.717, 1.165) is 18.8 Å². The van der Waals surface area contributed by atoms with Gasteiger partial charge in [0.15, 0.2) is 0 Å². The summed E-state index contributed by atoms with van der Waals surface area (Å²) >= 11 is 4.22. The molecule has 1 nitrogen and oxygen atoms in total. The first-order chi connectivity index (χ1) is 8.51. The molecule has 0 aliphatic rings. The van der Waals surface area contributed by atoms with Crippen LogP contribution in [0.15, 0.2) is 24.3 Å². The second kappa shape index (κ2) is 7.20. The van der Waals surface area contributed by atoms with Gasteiger partial charge in [0.2, 0.25) is 0 Å². The smallest absolute Gasteiger partial charge is 0.00435 e. The molecule has 2 heteroatoms. The van der Waals surface area contributed by atoms with E-state index in [1.165, 1.54) is 17.5 Å². The lowest BCUT2D eigenvalue weighted by Crippen LogP contribution is -2.33. The van der Waals surface area contributed by atoms with E-state index in [-0.39, 0.29) is 5.41 Å². The maximum absolute atomic E-state index is 4.22. The predicted molar refractivity (Wildman–Crippen MR) is 84.9 cm³/mol. The molecule has 0 bridgehead atoms. The van der Waals surface area contributed by atoms with Crippen molar-refractivity contribution in [3.63, 3.8) is 0 Å². The molecule has 0 fully saturated rings. The molecule has 102 valence electrons. The minimum atomic E-state index is 0.178. The highest BCUT2D eigenvalue weighted by Gasteiger charge is 2.19. The van der Waals surface area contributed by atoms with Crippen molar-refractivity contribution in [1.82, 2.24) is 5.32 Å². The van der Waals surface area contributed by atoms with Gasteiger partial charge in [-0.05, 0) is 23.5 Å².